The molecule has 0 aromatic heterocycles. The van der Waals surface area contributed by atoms with Crippen molar-refractivity contribution < 1.29 is 13.5 Å². The van der Waals surface area contributed by atoms with Crippen molar-refractivity contribution in [2.45, 2.75) is 51.2 Å². The third-order valence-corrected chi connectivity index (χ3v) is 3.76. The zero-order valence-electron chi connectivity index (χ0n) is 12.0. The molecule has 2 nitrogen and oxygen atoms in total. The number of ether oxygens (including phenoxy) is 1. The summed E-state index contributed by atoms with van der Waals surface area (Å²) in [4.78, 5) is 0. The molecule has 1 aromatic rings. The first-order chi connectivity index (χ1) is 9.70. The van der Waals surface area contributed by atoms with Gasteiger partial charge in [-0.15, -0.1) is 0 Å². The number of rotatable bonds is 6. The Morgan fingerprint density at radius 2 is 2.15 bits per heavy atom. The molecule has 1 aliphatic heterocycles. The zero-order chi connectivity index (χ0) is 14.4. The molecule has 4 heteroatoms. The van der Waals surface area contributed by atoms with Gasteiger partial charge in [-0.2, -0.15) is 0 Å². The smallest absolute Gasteiger partial charge is 0.159 e. The molecular weight excluding hydrogens is 260 g/mol. The van der Waals surface area contributed by atoms with E-state index in [0.29, 0.717) is 6.42 Å². The minimum absolute atomic E-state index is 0.167. The summed E-state index contributed by atoms with van der Waals surface area (Å²) in [5.74, 6) is -1.57. The quantitative estimate of drug-likeness (QED) is 0.863. The predicted octanol–water partition coefficient (Wildman–Crippen LogP) is 3.44. The molecule has 0 saturated carbocycles. The first-order valence-electron chi connectivity index (χ1n) is 7.49. The molecule has 1 aromatic carbocycles. The molecule has 2 rings (SSSR count). The second-order valence-electron chi connectivity index (χ2n) is 5.42. The van der Waals surface area contributed by atoms with Crippen LogP contribution in [0.1, 0.15) is 38.2 Å². The van der Waals surface area contributed by atoms with Crippen LogP contribution in [0.25, 0.3) is 0 Å². The molecule has 0 spiro atoms. The molecule has 0 amide bonds. The van der Waals surface area contributed by atoms with Gasteiger partial charge in [0.15, 0.2) is 11.6 Å². The molecule has 1 fully saturated rings. The van der Waals surface area contributed by atoms with Crippen LogP contribution in [-0.2, 0) is 11.2 Å². The van der Waals surface area contributed by atoms with Crippen molar-refractivity contribution in [1.82, 2.24) is 5.32 Å². The highest BCUT2D eigenvalue weighted by Crippen LogP contribution is 2.19. The fraction of sp³-hybridized carbons (Fsp3) is 0.625. The van der Waals surface area contributed by atoms with E-state index in [2.05, 4.69) is 12.2 Å². The van der Waals surface area contributed by atoms with E-state index >= 15 is 0 Å². The summed E-state index contributed by atoms with van der Waals surface area (Å²) in [6.07, 6.45) is 5.20. The van der Waals surface area contributed by atoms with Gasteiger partial charge in [0, 0.05) is 12.6 Å². The number of halogens is 2. The highest BCUT2D eigenvalue weighted by Gasteiger charge is 2.24. The Morgan fingerprint density at radius 1 is 1.30 bits per heavy atom. The molecule has 1 heterocycles. The first-order valence-corrected chi connectivity index (χ1v) is 7.49. The maximum Gasteiger partial charge on any atom is 0.159 e. The third kappa shape index (κ3) is 4.25. The van der Waals surface area contributed by atoms with E-state index < -0.39 is 11.6 Å². The topological polar surface area (TPSA) is 21.3 Å². The first kappa shape index (κ1) is 15.4. The SMILES string of the molecule is CCCNC(Cc1ccc(F)c(F)c1)C1CCCCO1. The van der Waals surface area contributed by atoms with Crippen LogP contribution in [0.3, 0.4) is 0 Å². The van der Waals surface area contributed by atoms with Gasteiger partial charge in [0.05, 0.1) is 6.10 Å². The number of benzene rings is 1. The molecule has 2 unspecified atom stereocenters. The van der Waals surface area contributed by atoms with Crippen molar-refractivity contribution in [2.75, 3.05) is 13.2 Å². The summed E-state index contributed by atoms with van der Waals surface area (Å²) in [6, 6.07) is 4.31. The van der Waals surface area contributed by atoms with E-state index in [-0.39, 0.29) is 12.1 Å². The lowest BCUT2D eigenvalue weighted by Gasteiger charge is -2.31. The average Bonchev–Trinajstić information content (AvgIpc) is 2.48. The molecule has 20 heavy (non-hydrogen) atoms. The van der Waals surface area contributed by atoms with Crippen molar-refractivity contribution in [3.63, 3.8) is 0 Å². The molecule has 2 atom stereocenters. The van der Waals surface area contributed by atoms with Gasteiger partial charge in [-0.3, -0.25) is 0 Å². The van der Waals surface area contributed by atoms with Crippen LogP contribution in [0, 0.1) is 11.6 Å². The lowest BCUT2D eigenvalue weighted by Crippen LogP contribution is -2.44. The van der Waals surface area contributed by atoms with Crippen LogP contribution in [-0.4, -0.2) is 25.3 Å². The average molecular weight is 283 g/mol. The van der Waals surface area contributed by atoms with E-state index in [1.165, 1.54) is 18.6 Å². The second kappa shape index (κ2) is 7.70. The number of hydrogen-bond donors (Lipinski definition) is 1. The predicted molar refractivity (Wildman–Crippen MR) is 75.7 cm³/mol. The summed E-state index contributed by atoms with van der Waals surface area (Å²) >= 11 is 0. The van der Waals surface area contributed by atoms with Crippen LogP contribution < -0.4 is 5.32 Å². The van der Waals surface area contributed by atoms with E-state index in [1.54, 1.807) is 6.07 Å². The normalized spacial score (nSPS) is 20.9. The molecule has 1 saturated heterocycles. The fourth-order valence-corrected chi connectivity index (χ4v) is 2.67. The molecule has 0 aliphatic carbocycles. The molecule has 1 N–H and O–H groups in total. The van der Waals surface area contributed by atoms with Crippen LogP contribution in [0.15, 0.2) is 18.2 Å². The van der Waals surface area contributed by atoms with Gasteiger partial charge in [0.2, 0.25) is 0 Å². The summed E-state index contributed by atoms with van der Waals surface area (Å²) in [5, 5.41) is 3.48. The van der Waals surface area contributed by atoms with E-state index in [1.807, 2.05) is 0 Å². The Kier molecular flexibility index (Phi) is 5.92. The lowest BCUT2D eigenvalue weighted by atomic mass is 9.96. The summed E-state index contributed by atoms with van der Waals surface area (Å²) < 4.78 is 32.1. The van der Waals surface area contributed by atoms with Crippen molar-refractivity contribution in [3.8, 4) is 0 Å². The molecular formula is C16H23F2NO. The van der Waals surface area contributed by atoms with Crippen LogP contribution in [0.5, 0.6) is 0 Å². The highest BCUT2D eigenvalue weighted by molar-refractivity contribution is 5.19. The van der Waals surface area contributed by atoms with Gasteiger partial charge in [0.1, 0.15) is 0 Å². The Labute approximate surface area is 119 Å². The van der Waals surface area contributed by atoms with Gasteiger partial charge in [-0.05, 0) is 56.3 Å². The van der Waals surface area contributed by atoms with Crippen molar-refractivity contribution in [2.24, 2.45) is 0 Å². The maximum absolute atomic E-state index is 13.3. The molecule has 0 radical (unpaired) electrons. The van der Waals surface area contributed by atoms with Crippen molar-refractivity contribution in [3.05, 3.63) is 35.4 Å². The van der Waals surface area contributed by atoms with Gasteiger partial charge in [0.25, 0.3) is 0 Å². The highest BCUT2D eigenvalue weighted by atomic mass is 19.2. The minimum Gasteiger partial charge on any atom is -0.377 e. The standard InChI is InChI=1S/C16H23F2NO/c1-2-8-19-15(16-5-3-4-9-20-16)11-12-6-7-13(17)14(18)10-12/h6-7,10,15-16,19H,2-5,8-9,11H2,1H3. The molecule has 112 valence electrons. The maximum atomic E-state index is 13.3. The van der Waals surface area contributed by atoms with Crippen molar-refractivity contribution >= 4 is 0 Å². The Hall–Kier alpha value is -1.00. The lowest BCUT2D eigenvalue weighted by molar-refractivity contribution is -0.00739. The van der Waals surface area contributed by atoms with Crippen LogP contribution in [0.2, 0.25) is 0 Å². The van der Waals surface area contributed by atoms with Crippen LogP contribution >= 0.6 is 0 Å². The van der Waals surface area contributed by atoms with Crippen LogP contribution in [0.4, 0.5) is 8.78 Å². The Balaban J connectivity index is 2.03. The third-order valence-electron chi connectivity index (χ3n) is 3.76. The second-order valence-corrected chi connectivity index (χ2v) is 5.42. The Bertz CT molecular complexity index is 419. The largest absolute Gasteiger partial charge is 0.377 e. The Morgan fingerprint density at radius 3 is 2.80 bits per heavy atom. The number of hydrogen-bond acceptors (Lipinski definition) is 2. The van der Waals surface area contributed by atoms with E-state index in [0.717, 1.165) is 38.0 Å². The van der Waals surface area contributed by atoms with E-state index in [4.69, 9.17) is 4.74 Å². The van der Waals surface area contributed by atoms with Gasteiger partial charge >= 0.3 is 0 Å². The molecule has 0 bridgehead atoms. The summed E-state index contributed by atoms with van der Waals surface area (Å²) in [6.45, 7) is 3.82. The molecule has 1 aliphatic rings. The van der Waals surface area contributed by atoms with Crippen molar-refractivity contribution in [1.29, 1.82) is 0 Å². The minimum atomic E-state index is -0.791. The fourth-order valence-electron chi connectivity index (χ4n) is 2.67. The number of nitrogens with one attached hydrogen (secondary N) is 1. The monoisotopic (exact) mass is 283 g/mol. The van der Waals surface area contributed by atoms with Gasteiger partial charge in [-0.1, -0.05) is 13.0 Å². The summed E-state index contributed by atoms with van der Waals surface area (Å²) in [5.41, 5.74) is 0.812. The zero-order valence-corrected chi connectivity index (χ0v) is 12.0. The van der Waals surface area contributed by atoms with Gasteiger partial charge in [-0.25, -0.2) is 8.78 Å². The summed E-state index contributed by atoms with van der Waals surface area (Å²) in [7, 11) is 0. The van der Waals surface area contributed by atoms with E-state index in [9.17, 15) is 8.78 Å². The van der Waals surface area contributed by atoms with Gasteiger partial charge < -0.3 is 10.1 Å².